The molecule has 3 aromatic rings. The van der Waals surface area contributed by atoms with Gasteiger partial charge >= 0.3 is 0 Å². The normalized spacial score (nSPS) is 17.8. The number of aliphatic imine (C=N–C) groups is 1. The second-order valence-electron chi connectivity index (χ2n) is 8.89. The third-order valence-electron chi connectivity index (χ3n) is 6.36. The van der Waals surface area contributed by atoms with Gasteiger partial charge in [-0.25, -0.2) is 9.38 Å². The van der Waals surface area contributed by atoms with Crippen LogP contribution in [0.5, 0.6) is 11.5 Å². The average molecular weight is 613 g/mol. The van der Waals surface area contributed by atoms with Crippen LogP contribution < -0.4 is 14.4 Å². The fourth-order valence-corrected chi connectivity index (χ4v) is 5.58. The Hall–Kier alpha value is -3.34. The van der Waals surface area contributed by atoms with Crippen molar-refractivity contribution in [3.63, 3.8) is 0 Å². The highest BCUT2D eigenvalue weighted by Gasteiger charge is 2.30. The summed E-state index contributed by atoms with van der Waals surface area (Å²) in [6.45, 7) is 3.26. The van der Waals surface area contributed by atoms with E-state index in [1.165, 1.54) is 24.9 Å². The standard InChI is InChI=1S/C29H27BrFN3O4S/c1-33-28(35)27(39-29(33)32-21-7-9-22(10-8-21)34-11-13-37-14-12-34)16-20-15-25(36-2)26(17-23(20)30)38-18-19-5-3-4-6-24(19)31/h3-10,15-17H,11-14,18H2,1-2H3/b27-16+,32-29?. The summed E-state index contributed by atoms with van der Waals surface area (Å²) >= 11 is 4.88. The zero-order valence-corrected chi connectivity index (χ0v) is 23.9. The Morgan fingerprint density at radius 2 is 1.85 bits per heavy atom. The van der Waals surface area contributed by atoms with Gasteiger partial charge in [-0.05, 0) is 65.9 Å². The molecule has 2 fully saturated rings. The Morgan fingerprint density at radius 3 is 2.56 bits per heavy atom. The minimum absolute atomic E-state index is 0.0578. The maximum atomic E-state index is 14.0. The first-order chi connectivity index (χ1) is 18.9. The molecule has 5 rings (SSSR count). The van der Waals surface area contributed by atoms with Crippen molar-refractivity contribution in [3.05, 3.63) is 87.0 Å². The summed E-state index contributed by atoms with van der Waals surface area (Å²) in [6.07, 6.45) is 1.79. The lowest BCUT2D eigenvalue weighted by atomic mass is 10.1. The second-order valence-corrected chi connectivity index (χ2v) is 10.8. The summed E-state index contributed by atoms with van der Waals surface area (Å²) in [5.41, 5.74) is 3.09. The Kier molecular flexibility index (Phi) is 8.54. The topological polar surface area (TPSA) is 63.6 Å². The number of likely N-dealkylation sites (N-methyl/N-ethyl adjacent to an activating group) is 1. The van der Waals surface area contributed by atoms with Crippen LogP contribution in [-0.4, -0.2) is 56.4 Å². The van der Waals surface area contributed by atoms with Gasteiger partial charge in [-0.3, -0.25) is 9.69 Å². The van der Waals surface area contributed by atoms with Gasteiger partial charge in [0.25, 0.3) is 5.91 Å². The van der Waals surface area contributed by atoms with Crippen molar-refractivity contribution < 1.29 is 23.4 Å². The summed E-state index contributed by atoms with van der Waals surface area (Å²) in [4.78, 5) is 22.1. The van der Waals surface area contributed by atoms with Gasteiger partial charge < -0.3 is 19.1 Å². The fraction of sp³-hybridized carbons (Fsp3) is 0.241. The van der Waals surface area contributed by atoms with E-state index in [-0.39, 0.29) is 18.3 Å². The Labute approximate surface area is 239 Å². The monoisotopic (exact) mass is 611 g/mol. The molecule has 2 aliphatic heterocycles. The van der Waals surface area contributed by atoms with Gasteiger partial charge in [0.1, 0.15) is 12.4 Å². The maximum absolute atomic E-state index is 14.0. The van der Waals surface area contributed by atoms with Crippen molar-refractivity contribution in [2.75, 3.05) is 45.4 Å². The van der Waals surface area contributed by atoms with E-state index in [4.69, 9.17) is 19.2 Å². The molecule has 0 radical (unpaired) electrons. The molecule has 0 atom stereocenters. The molecule has 2 heterocycles. The van der Waals surface area contributed by atoms with Gasteiger partial charge in [0.05, 0.1) is 30.9 Å². The van der Waals surface area contributed by atoms with Crippen LogP contribution in [0.2, 0.25) is 0 Å². The van der Waals surface area contributed by atoms with E-state index in [1.54, 1.807) is 48.4 Å². The Bertz CT molecular complexity index is 1420. The van der Waals surface area contributed by atoms with E-state index >= 15 is 0 Å². The number of hydrogen-bond donors (Lipinski definition) is 0. The van der Waals surface area contributed by atoms with Gasteiger partial charge in [0, 0.05) is 35.9 Å². The summed E-state index contributed by atoms with van der Waals surface area (Å²) in [6, 6.07) is 18.0. The highest BCUT2D eigenvalue weighted by Crippen LogP contribution is 2.38. The second kappa shape index (κ2) is 12.2. The van der Waals surface area contributed by atoms with Crippen LogP contribution in [0, 0.1) is 5.82 Å². The summed E-state index contributed by atoms with van der Waals surface area (Å²) < 4.78 is 31.5. The zero-order valence-electron chi connectivity index (χ0n) is 21.5. The molecule has 2 aliphatic rings. The third kappa shape index (κ3) is 6.29. The molecule has 10 heteroatoms. The van der Waals surface area contributed by atoms with Gasteiger partial charge in [0.2, 0.25) is 0 Å². The number of carbonyl (C=O) groups is 1. The largest absolute Gasteiger partial charge is 0.493 e. The van der Waals surface area contributed by atoms with E-state index in [0.717, 1.165) is 43.2 Å². The number of carbonyl (C=O) groups excluding carboxylic acids is 1. The van der Waals surface area contributed by atoms with Crippen LogP contribution >= 0.6 is 27.7 Å². The van der Waals surface area contributed by atoms with Gasteiger partial charge in [-0.15, -0.1) is 0 Å². The minimum Gasteiger partial charge on any atom is -0.493 e. The highest BCUT2D eigenvalue weighted by atomic mass is 79.9. The minimum atomic E-state index is -0.330. The van der Waals surface area contributed by atoms with E-state index in [1.807, 2.05) is 24.3 Å². The summed E-state index contributed by atoms with van der Waals surface area (Å²) in [7, 11) is 3.25. The number of rotatable bonds is 7. The molecular weight excluding hydrogens is 585 g/mol. The molecule has 202 valence electrons. The zero-order chi connectivity index (χ0) is 27.4. The molecule has 0 aromatic heterocycles. The first-order valence-electron chi connectivity index (χ1n) is 12.4. The van der Waals surface area contributed by atoms with E-state index in [0.29, 0.717) is 31.6 Å². The molecule has 0 bridgehead atoms. The SMILES string of the molecule is COc1cc(/C=C2/SC(=Nc3ccc(N4CCOCC4)cc3)N(C)C2=O)c(Br)cc1OCc1ccccc1F. The third-order valence-corrected chi connectivity index (χ3v) is 8.11. The smallest absolute Gasteiger partial charge is 0.266 e. The Morgan fingerprint density at radius 1 is 1.10 bits per heavy atom. The van der Waals surface area contributed by atoms with Crippen LogP contribution in [0.4, 0.5) is 15.8 Å². The number of methoxy groups -OCH3 is 1. The maximum Gasteiger partial charge on any atom is 0.266 e. The van der Waals surface area contributed by atoms with Crippen molar-refractivity contribution >= 4 is 56.2 Å². The molecule has 0 saturated carbocycles. The molecule has 0 N–H and O–H groups in total. The molecule has 0 spiro atoms. The quantitative estimate of drug-likeness (QED) is 0.294. The molecule has 2 saturated heterocycles. The Balaban J connectivity index is 1.32. The number of thioether (sulfide) groups is 1. The molecule has 0 unspecified atom stereocenters. The van der Waals surface area contributed by atoms with Crippen molar-refractivity contribution in [1.82, 2.24) is 4.90 Å². The first kappa shape index (κ1) is 27.2. The summed E-state index contributed by atoms with van der Waals surface area (Å²) in [5, 5.41) is 0.596. The molecular formula is C29H27BrFN3O4S. The average Bonchev–Trinajstić information content (AvgIpc) is 3.22. The van der Waals surface area contributed by atoms with E-state index in [9.17, 15) is 9.18 Å². The number of benzene rings is 3. The van der Waals surface area contributed by atoms with E-state index in [2.05, 4.69) is 20.8 Å². The predicted octanol–water partition coefficient (Wildman–Crippen LogP) is 6.25. The highest BCUT2D eigenvalue weighted by molar-refractivity contribution is 9.10. The number of nitrogens with zero attached hydrogens (tertiary/aromatic N) is 3. The molecule has 39 heavy (non-hydrogen) atoms. The van der Waals surface area contributed by atoms with Crippen molar-refractivity contribution in [1.29, 1.82) is 0 Å². The molecule has 7 nitrogen and oxygen atoms in total. The van der Waals surface area contributed by atoms with Crippen LogP contribution in [0.1, 0.15) is 11.1 Å². The number of morpholine rings is 1. The molecule has 1 amide bonds. The number of amidine groups is 1. The fourth-order valence-electron chi connectivity index (χ4n) is 4.17. The van der Waals surface area contributed by atoms with E-state index < -0.39 is 0 Å². The van der Waals surface area contributed by atoms with Crippen molar-refractivity contribution in [3.8, 4) is 11.5 Å². The van der Waals surface area contributed by atoms with Crippen LogP contribution in [0.15, 0.2) is 75.0 Å². The number of ether oxygens (including phenoxy) is 3. The number of amides is 1. The van der Waals surface area contributed by atoms with Gasteiger partial charge in [0.15, 0.2) is 16.7 Å². The van der Waals surface area contributed by atoms with Gasteiger partial charge in [-0.2, -0.15) is 0 Å². The van der Waals surface area contributed by atoms with Crippen LogP contribution in [0.25, 0.3) is 6.08 Å². The lowest BCUT2D eigenvalue weighted by Gasteiger charge is -2.28. The number of halogens is 2. The lowest BCUT2D eigenvalue weighted by Crippen LogP contribution is -2.36. The lowest BCUT2D eigenvalue weighted by molar-refractivity contribution is -0.121. The summed E-state index contributed by atoms with van der Waals surface area (Å²) in [5.74, 6) is 0.456. The first-order valence-corrected chi connectivity index (χ1v) is 14.0. The van der Waals surface area contributed by atoms with Crippen molar-refractivity contribution in [2.45, 2.75) is 6.61 Å². The van der Waals surface area contributed by atoms with Gasteiger partial charge in [-0.1, -0.05) is 34.1 Å². The number of hydrogen-bond acceptors (Lipinski definition) is 7. The van der Waals surface area contributed by atoms with Crippen molar-refractivity contribution in [2.24, 2.45) is 4.99 Å². The number of anilines is 1. The predicted molar refractivity (Wildman–Crippen MR) is 156 cm³/mol. The molecule has 0 aliphatic carbocycles. The molecule has 3 aromatic carbocycles. The van der Waals surface area contributed by atoms with Crippen LogP contribution in [0.3, 0.4) is 0 Å². The van der Waals surface area contributed by atoms with Crippen LogP contribution in [-0.2, 0) is 16.1 Å².